The van der Waals surface area contributed by atoms with Gasteiger partial charge in [-0.25, -0.2) is 0 Å². The summed E-state index contributed by atoms with van der Waals surface area (Å²) in [6, 6.07) is 0. The van der Waals surface area contributed by atoms with E-state index in [1.807, 2.05) is 0 Å². The monoisotopic (exact) mass is 750 g/mol. The van der Waals surface area contributed by atoms with Crippen LogP contribution in [0.1, 0.15) is 110 Å². The van der Waals surface area contributed by atoms with E-state index in [4.69, 9.17) is 5.11 Å². The molecule has 7 heteroatoms. The van der Waals surface area contributed by atoms with Gasteiger partial charge in [-0.3, -0.25) is 0 Å². The van der Waals surface area contributed by atoms with Crippen LogP contribution < -0.4 is 10.2 Å². The third-order valence-corrected chi connectivity index (χ3v) is 4.10. The zero-order chi connectivity index (χ0) is 15.8. The molecule has 148 valence electrons. The molecule has 0 unspecified atom stereocenters. The summed E-state index contributed by atoms with van der Waals surface area (Å²) < 4.78 is 0. The van der Waals surface area contributed by atoms with Crippen LogP contribution in [-0.4, -0.2) is 76.6 Å². The summed E-state index contributed by atoms with van der Waals surface area (Å²) in [5.74, 6) is -2.96. The fourth-order valence-corrected chi connectivity index (χ4v) is 2.72. The molecule has 0 aliphatic heterocycles. The molecule has 0 heterocycles. The van der Waals surface area contributed by atoms with Crippen molar-refractivity contribution in [2.45, 2.75) is 116 Å². The number of hydrogen-bond acceptors (Lipinski definition) is 5. The molecule has 0 saturated carbocycles. The molecule has 0 atom stereocenters. The molecule has 0 aromatic carbocycles. The maximum absolute atomic E-state index is 10.4. The number of rotatable bonds is 16. The van der Waals surface area contributed by atoms with E-state index in [0.29, 0.717) is 6.42 Å². The van der Waals surface area contributed by atoms with E-state index in [1.54, 1.807) is 0 Å². The Morgan fingerprint density at radius 1 is 0.560 bits per heavy atom. The van der Waals surface area contributed by atoms with E-state index >= 15 is 0 Å². The van der Waals surface area contributed by atoms with Gasteiger partial charge >= 0.3 is 54.6 Å². The van der Waals surface area contributed by atoms with Crippen LogP contribution >= 0.6 is 0 Å². The van der Waals surface area contributed by atoms with Gasteiger partial charge in [0.15, 0.2) is 0 Å². The fraction of sp³-hybridized carbons (Fsp3) is 1.00. The molecule has 0 bridgehead atoms. The van der Waals surface area contributed by atoms with E-state index in [-0.39, 0.29) is 72.0 Å². The number of aliphatic hydroxyl groups is 1. The van der Waals surface area contributed by atoms with E-state index < -0.39 is 5.97 Å². The van der Waals surface area contributed by atoms with Crippen LogP contribution in [0.4, 0.5) is 0 Å². The summed E-state index contributed by atoms with van der Waals surface area (Å²) >= 11 is 0. The van der Waals surface area contributed by atoms with Crippen LogP contribution in [0, 0.1) is 0 Å². The van der Waals surface area contributed by atoms with Crippen LogP contribution in [0.5, 0.6) is 0 Å². The normalized spacial score (nSPS) is 10.1. The maximum Gasteiger partial charge on any atom is 2.00 e. The van der Waals surface area contributed by atoms with Gasteiger partial charge in [0.05, 0.1) is 0 Å². The van der Waals surface area contributed by atoms with Crippen LogP contribution in [-0.2, 0) is 0 Å². The Morgan fingerprint density at radius 3 is 1.04 bits per heavy atom. The van der Waals surface area contributed by atoms with Gasteiger partial charge in [0.1, 0.15) is 0 Å². The second-order valence-electron chi connectivity index (χ2n) is 6.41. The summed E-state index contributed by atoms with van der Waals surface area (Å²) in [6.45, 7) is 2.26. The van der Waals surface area contributed by atoms with Crippen molar-refractivity contribution >= 4 is 54.6 Å². The Balaban J connectivity index is -0.000000333. The van der Waals surface area contributed by atoms with Crippen LogP contribution in [0.25, 0.3) is 0 Å². The average Bonchev–Trinajstić information content (AvgIpc) is 2.42. The van der Waals surface area contributed by atoms with Crippen molar-refractivity contribution in [2.24, 2.45) is 0 Å². The maximum atomic E-state index is 10.4. The quantitative estimate of drug-likeness (QED) is 0.148. The molecular weight excluding hydrogens is 711 g/mol. The van der Waals surface area contributed by atoms with E-state index in [0.717, 1.165) is 12.8 Å². The molecule has 4 radical (unpaired) electrons. The molecule has 5 nitrogen and oxygen atoms in total. The van der Waals surface area contributed by atoms with Gasteiger partial charge in [0, 0.05) is 0 Å². The third kappa shape index (κ3) is 37.2. The van der Waals surface area contributed by atoms with Crippen LogP contribution in [0.2, 0.25) is 0 Å². The smallest absolute Gasteiger partial charge is 0.870 e. The summed E-state index contributed by atoms with van der Waals surface area (Å²) in [6.07, 6.45) is 18.6. The fourth-order valence-electron chi connectivity index (χ4n) is 2.72. The molecule has 0 saturated heterocycles. The Hall–Kier alpha value is 1.64. The number of unbranched alkanes of at least 4 members (excludes halogenated alkanes) is 14. The van der Waals surface area contributed by atoms with Crippen LogP contribution in [0.3, 0.4) is 0 Å². The molecule has 0 aromatic heterocycles. The third-order valence-electron chi connectivity index (χ3n) is 4.10. The van der Waals surface area contributed by atoms with Crippen molar-refractivity contribution in [3.8, 4) is 0 Å². The summed E-state index contributed by atoms with van der Waals surface area (Å²) in [5.41, 5.74) is 0. The van der Waals surface area contributed by atoms with Gasteiger partial charge in [0.2, 0.25) is 0 Å². The molecule has 0 rings (SSSR count). The van der Waals surface area contributed by atoms with Crippen molar-refractivity contribution < 1.29 is 26.3 Å². The zero-order valence-electron chi connectivity index (χ0n) is 16.0. The summed E-state index contributed by atoms with van der Waals surface area (Å²) in [7, 11) is 0. The van der Waals surface area contributed by atoms with Crippen molar-refractivity contribution in [1.82, 2.24) is 0 Å². The van der Waals surface area contributed by atoms with Crippen molar-refractivity contribution in [3.05, 3.63) is 0 Å². The minimum absolute atomic E-state index is 0. The molecule has 0 fully saturated rings. The second kappa shape index (κ2) is 27.9. The first-order valence-electron chi connectivity index (χ1n) is 9.19. The molecule has 0 aromatic rings. The Morgan fingerprint density at radius 2 is 0.800 bits per heavy atom. The van der Waals surface area contributed by atoms with Gasteiger partial charge in [0.25, 0.3) is 0 Å². The van der Waals surface area contributed by atoms with Crippen LogP contribution in [0.15, 0.2) is 0 Å². The standard InChI is InChI=1S/C18H36O3.2H2O.2Pb/c1-2-3-4-5-6-7-8-9-10-11-12-13-14-15-16-17-18(19,20)21;;;;/h19H,2-17H2,1H3;2*1H2;;/q-2;;;2*+2/p-2. The predicted molar refractivity (Wildman–Crippen MR) is 99.9 cm³/mol. The second-order valence-corrected chi connectivity index (χ2v) is 6.41. The molecular formula is C18H38O5Pb2. The number of hydrogen-bond donors (Lipinski definition) is 1. The first-order chi connectivity index (χ1) is 10.1. The van der Waals surface area contributed by atoms with Crippen molar-refractivity contribution in [2.75, 3.05) is 0 Å². The Labute approximate surface area is 195 Å². The topological polar surface area (TPSA) is 126 Å². The first kappa shape index (κ1) is 37.4. The molecule has 0 aliphatic rings. The van der Waals surface area contributed by atoms with E-state index in [9.17, 15) is 10.2 Å². The van der Waals surface area contributed by atoms with Gasteiger partial charge in [-0.1, -0.05) is 116 Å². The molecule has 3 N–H and O–H groups in total. The summed E-state index contributed by atoms with van der Waals surface area (Å²) in [4.78, 5) is 0. The minimum atomic E-state index is -2.96. The Kier molecular flexibility index (Phi) is 41.7. The first-order valence-corrected chi connectivity index (χ1v) is 9.19. The molecule has 0 aliphatic carbocycles. The van der Waals surface area contributed by atoms with E-state index in [1.165, 1.54) is 77.0 Å². The van der Waals surface area contributed by atoms with Crippen molar-refractivity contribution in [1.29, 1.82) is 0 Å². The van der Waals surface area contributed by atoms with Gasteiger partial charge in [-0.05, 0) is 0 Å². The Bertz CT molecular complexity index is 214. The van der Waals surface area contributed by atoms with Gasteiger partial charge < -0.3 is 26.3 Å². The zero-order valence-corrected chi connectivity index (χ0v) is 23.7. The van der Waals surface area contributed by atoms with Gasteiger partial charge in [-0.2, -0.15) is 0 Å². The largest absolute Gasteiger partial charge is 2.00 e. The summed E-state index contributed by atoms with van der Waals surface area (Å²) in [5, 5.41) is 29.4. The molecule has 0 spiro atoms. The molecule has 25 heavy (non-hydrogen) atoms. The average molecular weight is 749 g/mol. The minimum Gasteiger partial charge on any atom is -0.870 e. The van der Waals surface area contributed by atoms with Crippen molar-refractivity contribution in [3.63, 3.8) is 0 Å². The SMILES string of the molecule is CCCCCCCCCCCCCCCCCC([O-])([O-])O.[OH-].[OH-].[Pb+2].[Pb+2]. The predicted octanol–water partition coefficient (Wildman–Crippen LogP) is 2.50. The van der Waals surface area contributed by atoms with Gasteiger partial charge in [-0.15, -0.1) is 0 Å². The van der Waals surface area contributed by atoms with E-state index in [2.05, 4.69) is 6.92 Å². The molecule has 0 amide bonds.